The second-order valence-corrected chi connectivity index (χ2v) is 1.49. The lowest BCUT2D eigenvalue weighted by Crippen LogP contribution is -2.18. The van der Waals surface area contributed by atoms with E-state index in [0.717, 1.165) is 0 Å². The van der Waals surface area contributed by atoms with Crippen LogP contribution in [0.25, 0.3) is 0 Å². The molecule has 0 atom stereocenters. The average molecular weight is 109 g/mol. The maximum absolute atomic E-state index is 8.06. The topological polar surface area (TPSA) is 50.8 Å². The van der Waals surface area contributed by atoms with Crippen LogP contribution in [0.15, 0.2) is 0 Å². The van der Waals surface area contributed by atoms with Crippen LogP contribution < -0.4 is 0 Å². The van der Waals surface area contributed by atoms with E-state index in [4.69, 9.17) is 10.5 Å². The lowest BCUT2D eigenvalue weighted by Gasteiger charge is -2.03. The number of nitriles is 2. The van der Waals surface area contributed by atoms with Crippen LogP contribution in [0.5, 0.6) is 0 Å². The van der Waals surface area contributed by atoms with E-state index in [9.17, 15) is 0 Å². The molecule has 0 N–H and O–H groups in total. The smallest absolute Gasteiger partial charge is 0.0871 e. The van der Waals surface area contributed by atoms with Gasteiger partial charge in [-0.2, -0.15) is 10.5 Å². The number of rotatable bonds is 2. The second kappa shape index (κ2) is 4.11. The van der Waals surface area contributed by atoms with E-state index in [-0.39, 0.29) is 0 Å². The maximum Gasteiger partial charge on any atom is 0.0871 e. The summed E-state index contributed by atoms with van der Waals surface area (Å²) in [5.74, 6) is 0. The lowest BCUT2D eigenvalue weighted by molar-refractivity contribution is 0.422. The molecule has 0 saturated carbocycles. The van der Waals surface area contributed by atoms with Gasteiger partial charge in [-0.05, 0) is 7.05 Å². The Kier molecular flexibility index (Phi) is 3.56. The summed E-state index contributed by atoms with van der Waals surface area (Å²) in [4.78, 5) is 1.64. The van der Waals surface area contributed by atoms with E-state index in [1.165, 1.54) is 0 Å². The van der Waals surface area contributed by atoms with Crippen molar-refractivity contribution in [3.8, 4) is 12.1 Å². The third kappa shape index (κ3) is 3.14. The lowest BCUT2D eigenvalue weighted by atomic mass is 10.6. The SMILES string of the molecule is CN(CC#N)CC#N. The standard InChI is InChI=1S/C5H7N3/c1-8(4-2-6)5-3-7/h4-5H2,1H3. The van der Waals surface area contributed by atoms with E-state index in [2.05, 4.69) is 0 Å². The summed E-state index contributed by atoms with van der Waals surface area (Å²) in [5, 5.41) is 16.1. The zero-order chi connectivity index (χ0) is 6.41. The minimum atomic E-state index is 0.327. The Balaban J connectivity index is 3.25. The van der Waals surface area contributed by atoms with Crippen molar-refractivity contribution in [1.29, 1.82) is 10.5 Å². The molecule has 0 rings (SSSR count). The van der Waals surface area contributed by atoms with Crippen molar-refractivity contribution in [2.45, 2.75) is 0 Å². The quantitative estimate of drug-likeness (QED) is 0.468. The molecule has 3 nitrogen and oxygen atoms in total. The van der Waals surface area contributed by atoms with Crippen LogP contribution in [0, 0.1) is 22.7 Å². The highest BCUT2D eigenvalue weighted by Crippen LogP contribution is 1.74. The molecule has 0 heterocycles. The summed E-state index contributed by atoms with van der Waals surface area (Å²) in [6.07, 6.45) is 0. The van der Waals surface area contributed by atoms with Crippen LogP contribution in [0.1, 0.15) is 0 Å². The van der Waals surface area contributed by atoms with E-state index >= 15 is 0 Å². The molecule has 0 fully saturated rings. The first kappa shape index (κ1) is 6.94. The summed E-state index contributed by atoms with van der Waals surface area (Å²) in [5.41, 5.74) is 0. The summed E-state index contributed by atoms with van der Waals surface area (Å²) in [6, 6.07) is 3.85. The fourth-order valence-corrected chi connectivity index (χ4v) is 0.297. The van der Waals surface area contributed by atoms with Gasteiger partial charge >= 0.3 is 0 Å². The van der Waals surface area contributed by atoms with Gasteiger partial charge < -0.3 is 0 Å². The van der Waals surface area contributed by atoms with Gasteiger partial charge in [0.2, 0.25) is 0 Å². The van der Waals surface area contributed by atoms with Crippen molar-refractivity contribution >= 4 is 0 Å². The molecule has 42 valence electrons. The molecule has 0 aromatic carbocycles. The molecule has 0 aliphatic rings. The fraction of sp³-hybridized carbons (Fsp3) is 0.600. The molecule has 0 radical (unpaired) electrons. The number of hydrogen-bond donors (Lipinski definition) is 0. The third-order valence-corrected chi connectivity index (χ3v) is 0.681. The normalized spacial score (nSPS) is 8.00. The van der Waals surface area contributed by atoms with Gasteiger partial charge in [-0.15, -0.1) is 0 Å². The minimum Gasteiger partial charge on any atom is -0.281 e. The molecule has 0 aliphatic carbocycles. The van der Waals surface area contributed by atoms with Gasteiger partial charge in [0, 0.05) is 0 Å². The highest BCUT2D eigenvalue weighted by molar-refractivity contribution is 4.81. The van der Waals surface area contributed by atoms with Crippen LogP contribution in [-0.2, 0) is 0 Å². The average Bonchev–Trinajstić information content (AvgIpc) is 1.68. The van der Waals surface area contributed by atoms with Gasteiger partial charge in [-0.25, -0.2) is 0 Å². The Labute approximate surface area is 48.7 Å². The Morgan fingerprint density at radius 2 is 1.62 bits per heavy atom. The van der Waals surface area contributed by atoms with Crippen molar-refractivity contribution in [2.24, 2.45) is 0 Å². The molecular formula is C5H7N3. The van der Waals surface area contributed by atoms with Gasteiger partial charge in [0.25, 0.3) is 0 Å². The molecule has 0 aliphatic heterocycles. The Bertz CT molecular complexity index is 112. The van der Waals surface area contributed by atoms with E-state index in [0.29, 0.717) is 13.1 Å². The highest BCUT2D eigenvalue weighted by atomic mass is 15.1. The highest BCUT2D eigenvalue weighted by Gasteiger charge is 1.90. The fourth-order valence-electron chi connectivity index (χ4n) is 0.297. The summed E-state index contributed by atoms with van der Waals surface area (Å²) >= 11 is 0. The Morgan fingerprint density at radius 1 is 1.25 bits per heavy atom. The Morgan fingerprint density at radius 3 is 1.88 bits per heavy atom. The summed E-state index contributed by atoms with van der Waals surface area (Å²) in [6.45, 7) is 0.654. The molecule has 0 saturated heterocycles. The maximum atomic E-state index is 8.06. The first-order valence-corrected chi connectivity index (χ1v) is 2.23. The third-order valence-electron chi connectivity index (χ3n) is 0.681. The summed E-state index contributed by atoms with van der Waals surface area (Å²) < 4.78 is 0. The minimum absolute atomic E-state index is 0.327. The molecule has 8 heavy (non-hydrogen) atoms. The van der Waals surface area contributed by atoms with E-state index in [1.54, 1.807) is 11.9 Å². The van der Waals surface area contributed by atoms with Gasteiger partial charge in [-0.3, -0.25) is 4.90 Å². The van der Waals surface area contributed by atoms with Gasteiger partial charge in [0.15, 0.2) is 0 Å². The van der Waals surface area contributed by atoms with Crippen LogP contribution in [0.3, 0.4) is 0 Å². The van der Waals surface area contributed by atoms with Gasteiger partial charge in [-0.1, -0.05) is 0 Å². The largest absolute Gasteiger partial charge is 0.281 e. The first-order chi connectivity index (χ1) is 3.81. The molecule has 0 aromatic heterocycles. The second-order valence-electron chi connectivity index (χ2n) is 1.49. The van der Waals surface area contributed by atoms with E-state index in [1.807, 2.05) is 12.1 Å². The van der Waals surface area contributed by atoms with Crippen LogP contribution >= 0.6 is 0 Å². The Hall–Kier alpha value is -1.06. The molecule has 0 unspecified atom stereocenters. The van der Waals surface area contributed by atoms with E-state index < -0.39 is 0 Å². The first-order valence-electron chi connectivity index (χ1n) is 2.23. The molecule has 0 aromatic rings. The molecular weight excluding hydrogens is 102 g/mol. The zero-order valence-electron chi connectivity index (χ0n) is 4.76. The van der Waals surface area contributed by atoms with Gasteiger partial charge in [0.1, 0.15) is 0 Å². The van der Waals surface area contributed by atoms with Crippen molar-refractivity contribution in [3.05, 3.63) is 0 Å². The van der Waals surface area contributed by atoms with Crippen LogP contribution in [-0.4, -0.2) is 25.0 Å². The van der Waals surface area contributed by atoms with Gasteiger partial charge in [0.05, 0.1) is 25.2 Å². The molecule has 0 bridgehead atoms. The molecule has 3 heteroatoms. The van der Waals surface area contributed by atoms with Crippen molar-refractivity contribution in [1.82, 2.24) is 4.90 Å². The predicted octanol–water partition coefficient (Wildman–Crippen LogP) is -0.0346. The van der Waals surface area contributed by atoms with Crippen molar-refractivity contribution in [2.75, 3.05) is 20.1 Å². The number of nitrogens with zero attached hydrogens (tertiary/aromatic N) is 3. The zero-order valence-corrected chi connectivity index (χ0v) is 4.76. The number of hydrogen-bond acceptors (Lipinski definition) is 3. The molecule has 0 spiro atoms. The summed E-state index contributed by atoms with van der Waals surface area (Å²) in [7, 11) is 1.73. The van der Waals surface area contributed by atoms with Crippen LogP contribution in [0.2, 0.25) is 0 Å². The van der Waals surface area contributed by atoms with Crippen molar-refractivity contribution < 1.29 is 0 Å². The van der Waals surface area contributed by atoms with Crippen molar-refractivity contribution in [3.63, 3.8) is 0 Å². The molecule has 0 amide bonds. The predicted molar refractivity (Wildman–Crippen MR) is 28.7 cm³/mol. The monoisotopic (exact) mass is 109 g/mol. The van der Waals surface area contributed by atoms with Crippen LogP contribution in [0.4, 0.5) is 0 Å².